The summed E-state index contributed by atoms with van der Waals surface area (Å²) >= 11 is 3.05. The average molecular weight is 287 g/mol. The summed E-state index contributed by atoms with van der Waals surface area (Å²) < 4.78 is 0.943. The van der Waals surface area contributed by atoms with Gasteiger partial charge in [-0.25, -0.2) is 0 Å². The van der Waals surface area contributed by atoms with E-state index in [9.17, 15) is 0 Å². The van der Waals surface area contributed by atoms with Gasteiger partial charge in [0.25, 0.3) is 0 Å². The van der Waals surface area contributed by atoms with Gasteiger partial charge in [-0.2, -0.15) is 0 Å². The zero-order valence-electron chi connectivity index (χ0n) is 10.2. The molecule has 0 bridgehead atoms. The molecule has 0 aromatic carbocycles. The van der Waals surface area contributed by atoms with Crippen LogP contribution in [-0.4, -0.2) is 37.2 Å². The van der Waals surface area contributed by atoms with E-state index in [1.165, 1.54) is 64.2 Å². The minimum absolute atomic E-state index is 0.720. The second kappa shape index (κ2) is 6.07. The SMILES string of the molecule is NC(=[Se])N(C1CCCCC1)C1CCCCC1. The first-order chi connectivity index (χ1) is 7.79. The normalized spacial score (nSPS) is 24.2. The molecule has 2 rings (SSSR count). The third kappa shape index (κ3) is 3.01. The van der Waals surface area contributed by atoms with Gasteiger partial charge in [-0.3, -0.25) is 0 Å². The van der Waals surface area contributed by atoms with Gasteiger partial charge in [-0.05, 0) is 0 Å². The predicted octanol–water partition coefficient (Wildman–Crippen LogP) is 2.17. The first-order valence-corrected chi connectivity index (χ1v) is 7.72. The second-order valence-electron chi connectivity index (χ2n) is 5.33. The molecule has 0 unspecified atom stereocenters. The number of nitrogens with zero attached hydrogens (tertiary/aromatic N) is 1. The maximum atomic E-state index is 6.09. The molecule has 0 aromatic heterocycles. The molecule has 92 valence electrons. The van der Waals surface area contributed by atoms with E-state index in [0.717, 1.165) is 16.7 Å². The summed E-state index contributed by atoms with van der Waals surface area (Å²) in [4.78, 5) is 2.53. The molecule has 2 fully saturated rings. The maximum absolute atomic E-state index is 6.09. The van der Waals surface area contributed by atoms with Crippen molar-refractivity contribution in [2.75, 3.05) is 0 Å². The van der Waals surface area contributed by atoms with Crippen molar-refractivity contribution < 1.29 is 0 Å². The van der Waals surface area contributed by atoms with Crippen molar-refractivity contribution in [3.63, 3.8) is 0 Å². The molecule has 0 heterocycles. The number of rotatable bonds is 3. The van der Waals surface area contributed by atoms with Gasteiger partial charge in [0.2, 0.25) is 0 Å². The summed E-state index contributed by atoms with van der Waals surface area (Å²) in [5, 5.41) is 0. The van der Waals surface area contributed by atoms with Gasteiger partial charge in [0.1, 0.15) is 0 Å². The van der Waals surface area contributed by atoms with Crippen molar-refractivity contribution in [2.24, 2.45) is 5.73 Å². The van der Waals surface area contributed by atoms with Crippen molar-refractivity contribution in [2.45, 2.75) is 76.3 Å². The molecule has 0 spiro atoms. The van der Waals surface area contributed by atoms with E-state index in [-0.39, 0.29) is 0 Å². The van der Waals surface area contributed by atoms with Crippen molar-refractivity contribution in [3.8, 4) is 0 Å². The summed E-state index contributed by atoms with van der Waals surface area (Å²) in [6, 6.07) is 1.44. The van der Waals surface area contributed by atoms with E-state index in [4.69, 9.17) is 5.73 Å². The fraction of sp³-hybridized carbons (Fsp3) is 0.923. The van der Waals surface area contributed by atoms with Crippen molar-refractivity contribution in [1.29, 1.82) is 0 Å². The Labute approximate surface area is 107 Å². The van der Waals surface area contributed by atoms with Crippen molar-refractivity contribution in [3.05, 3.63) is 0 Å². The molecule has 2 nitrogen and oxygen atoms in total. The van der Waals surface area contributed by atoms with Crippen LogP contribution in [0.15, 0.2) is 0 Å². The Bertz CT molecular complexity index is 212. The molecular formula is C13H24N2Se. The third-order valence-corrected chi connectivity index (χ3v) is 4.63. The van der Waals surface area contributed by atoms with Gasteiger partial charge < -0.3 is 0 Å². The summed E-state index contributed by atoms with van der Waals surface area (Å²) in [6.45, 7) is 0. The third-order valence-electron chi connectivity index (χ3n) is 4.19. The van der Waals surface area contributed by atoms with Gasteiger partial charge in [0.15, 0.2) is 0 Å². The van der Waals surface area contributed by atoms with Crippen LogP contribution in [0.25, 0.3) is 0 Å². The monoisotopic (exact) mass is 288 g/mol. The zero-order valence-corrected chi connectivity index (χ0v) is 11.9. The van der Waals surface area contributed by atoms with Crippen LogP contribution < -0.4 is 5.73 Å². The molecule has 0 atom stereocenters. The molecule has 16 heavy (non-hydrogen) atoms. The van der Waals surface area contributed by atoms with Crippen LogP contribution in [-0.2, 0) is 0 Å². The molecule has 0 radical (unpaired) electrons. The Balaban J connectivity index is 1.99. The fourth-order valence-corrected chi connectivity index (χ4v) is 4.00. The van der Waals surface area contributed by atoms with E-state index >= 15 is 0 Å². The molecule has 0 aromatic rings. The van der Waals surface area contributed by atoms with E-state index in [1.807, 2.05) is 0 Å². The molecular weight excluding hydrogens is 263 g/mol. The second-order valence-corrected chi connectivity index (χ2v) is 6.21. The predicted molar refractivity (Wildman–Crippen MR) is 70.5 cm³/mol. The van der Waals surface area contributed by atoms with Gasteiger partial charge in [0, 0.05) is 0 Å². The van der Waals surface area contributed by atoms with Crippen molar-refractivity contribution in [1.82, 2.24) is 4.90 Å². The number of hydrogen-bond acceptors (Lipinski definition) is 2. The summed E-state index contributed by atoms with van der Waals surface area (Å²) in [5.41, 5.74) is 6.09. The van der Waals surface area contributed by atoms with Crippen LogP contribution in [0.3, 0.4) is 0 Å². The molecule has 2 aliphatic rings. The quantitative estimate of drug-likeness (QED) is 0.806. The molecule has 2 aliphatic carbocycles. The van der Waals surface area contributed by atoms with Crippen LogP contribution in [0.1, 0.15) is 64.2 Å². The Hall–Kier alpha value is -0.0105. The summed E-state index contributed by atoms with van der Waals surface area (Å²) in [5.74, 6) is 0. The minimum atomic E-state index is 0.720. The first kappa shape index (κ1) is 12.4. The Morgan fingerprint density at radius 1 is 0.812 bits per heavy atom. The van der Waals surface area contributed by atoms with Crippen LogP contribution in [0, 0.1) is 0 Å². The molecule has 0 amide bonds. The van der Waals surface area contributed by atoms with E-state index in [2.05, 4.69) is 20.5 Å². The van der Waals surface area contributed by atoms with E-state index < -0.39 is 0 Å². The average Bonchev–Trinajstić information content (AvgIpc) is 2.31. The first-order valence-electron chi connectivity index (χ1n) is 6.87. The number of nitrogens with two attached hydrogens (primary N) is 1. The van der Waals surface area contributed by atoms with Gasteiger partial charge in [-0.1, -0.05) is 0 Å². The van der Waals surface area contributed by atoms with Gasteiger partial charge in [-0.15, -0.1) is 0 Å². The summed E-state index contributed by atoms with van der Waals surface area (Å²) in [7, 11) is 0. The molecule has 2 saturated carbocycles. The van der Waals surface area contributed by atoms with Gasteiger partial charge >= 0.3 is 107 Å². The van der Waals surface area contributed by atoms with Gasteiger partial charge in [0.05, 0.1) is 0 Å². The Morgan fingerprint density at radius 3 is 1.50 bits per heavy atom. The van der Waals surface area contributed by atoms with Crippen LogP contribution in [0.5, 0.6) is 0 Å². The Kier molecular flexibility index (Phi) is 4.72. The molecule has 2 N–H and O–H groups in total. The van der Waals surface area contributed by atoms with Crippen molar-refractivity contribution >= 4 is 20.2 Å². The number of hydrogen-bond donors (Lipinski definition) is 1. The zero-order chi connectivity index (χ0) is 11.4. The Morgan fingerprint density at radius 2 is 1.19 bits per heavy atom. The summed E-state index contributed by atoms with van der Waals surface area (Å²) in [6.07, 6.45) is 13.8. The van der Waals surface area contributed by atoms with Crippen LogP contribution in [0.2, 0.25) is 0 Å². The van der Waals surface area contributed by atoms with E-state index in [0.29, 0.717) is 0 Å². The van der Waals surface area contributed by atoms with Crippen LogP contribution >= 0.6 is 0 Å². The molecule has 0 aliphatic heterocycles. The standard InChI is InChI=1S/C13H24N2Se/c14-13(16)15(11-7-3-1-4-8-11)12-9-5-2-6-10-12/h11-12H,1-10H2,(H2,14,16). The topological polar surface area (TPSA) is 29.3 Å². The van der Waals surface area contributed by atoms with E-state index in [1.54, 1.807) is 0 Å². The molecule has 0 saturated heterocycles. The van der Waals surface area contributed by atoms with Crippen LogP contribution in [0.4, 0.5) is 0 Å². The molecule has 3 heteroatoms. The fourth-order valence-electron chi connectivity index (χ4n) is 3.38.